The fourth-order valence-corrected chi connectivity index (χ4v) is 4.79. The van der Waals surface area contributed by atoms with Crippen LogP contribution in [0.4, 0.5) is 17.3 Å². The van der Waals surface area contributed by atoms with Gasteiger partial charge in [0.2, 0.25) is 5.95 Å². The van der Waals surface area contributed by atoms with Crippen LogP contribution >= 0.6 is 0 Å². The molecule has 0 amide bonds. The number of quaternary nitrogens is 1. The minimum Gasteiger partial charge on any atom is -0.633 e. The number of rotatable bonds is 4. The topological polar surface area (TPSA) is 110 Å². The van der Waals surface area contributed by atoms with Gasteiger partial charge in [0.15, 0.2) is 0 Å². The maximum atomic E-state index is 12.9. The van der Waals surface area contributed by atoms with Crippen molar-refractivity contribution >= 4 is 28.4 Å². The molecule has 1 saturated carbocycles. The van der Waals surface area contributed by atoms with E-state index in [0.29, 0.717) is 30.1 Å². The van der Waals surface area contributed by atoms with Crippen molar-refractivity contribution in [3.8, 4) is 6.07 Å². The van der Waals surface area contributed by atoms with Crippen LogP contribution in [-0.4, -0.2) is 52.4 Å². The van der Waals surface area contributed by atoms with Gasteiger partial charge in [0, 0.05) is 29.0 Å². The molecule has 1 aromatic carbocycles. The van der Waals surface area contributed by atoms with Gasteiger partial charge in [0.25, 0.3) is 5.56 Å². The highest BCUT2D eigenvalue weighted by atomic mass is 16.5. The number of benzene rings is 1. The van der Waals surface area contributed by atoms with Crippen molar-refractivity contribution in [3.63, 3.8) is 0 Å². The Kier molecular flexibility index (Phi) is 5.48. The molecule has 9 nitrogen and oxygen atoms in total. The Hall–Kier alpha value is -3.48. The second-order valence-electron chi connectivity index (χ2n) is 9.16. The number of piperazine rings is 1. The van der Waals surface area contributed by atoms with Gasteiger partial charge in [-0.1, -0.05) is 12.8 Å². The number of hydrogen-bond donors (Lipinski definition) is 1. The molecule has 3 heterocycles. The molecule has 5 rings (SSSR count). The molecular formula is C24H27N7O2. The van der Waals surface area contributed by atoms with Crippen molar-refractivity contribution in [3.05, 3.63) is 57.7 Å². The minimum atomic E-state index is -0.278. The predicted octanol–water partition coefficient (Wildman–Crippen LogP) is 3.29. The average Bonchev–Trinajstić information content (AvgIpc) is 3.34. The Morgan fingerprint density at radius 1 is 1.18 bits per heavy atom. The summed E-state index contributed by atoms with van der Waals surface area (Å²) in [5.74, 6) is 0.406. The number of nitrogens with one attached hydrogen (secondary N) is 1. The number of nitrogens with zero attached hydrogens (tertiary/aromatic N) is 6. The van der Waals surface area contributed by atoms with E-state index < -0.39 is 0 Å². The molecule has 0 spiro atoms. The molecular weight excluding hydrogens is 418 g/mol. The van der Waals surface area contributed by atoms with Crippen LogP contribution in [0.2, 0.25) is 0 Å². The lowest BCUT2D eigenvalue weighted by Gasteiger charge is -2.45. The molecule has 33 heavy (non-hydrogen) atoms. The number of pyridine rings is 1. The van der Waals surface area contributed by atoms with Crippen molar-refractivity contribution in [2.24, 2.45) is 0 Å². The van der Waals surface area contributed by atoms with Crippen molar-refractivity contribution < 1.29 is 4.65 Å². The van der Waals surface area contributed by atoms with Crippen LogP contribution in [0.25, 0.3) is 11.0 Å². The molecule has 1 saturated heterocycles. The van der Waals surface area contributed by atoms with Crippen LogP contribution in [0.15, 0.2) is 41.3 Å². The number of fused-ring (bicyclic) bond motifs is 1. The first-order valence-electron chi connectivity index (χ1n) is 11.4. The Labute approximate surface area is 192 Å². The first-order valence-corrected chi connectivity index (χ1v) is 11.4. The summed E-state index contributed by atoms with van der Waals surface area (Å²) in [6.45, 7) is 2.65. The highest BCUT2D eigenvalue weighted by Crippen LogP contribution is 2.31. The zero-order chi connectivity index (χ0) is 23.0. The highest BCUT2D eigenvalue weighted by Gasteiger charge is 2.23. The molecule has 2 aliphatic rings. The molecule has 2 aromatic heterocycles. The summed E-state index contributed by atoms with van der Waals surface area (Å²) in [6.07, 6.45) is 5.64. The van der Waals surface area contributed by atoms with Gasteiger partial charge in [-0.3, -0.25) is 9.36 Å². The van der Waals surface area contributed by atoms with Crippen LogP contribution in [-0.2, 0) is 0 Å². The largest absolute Gasteiger partial charge is 0.633 e. The number of nitriles is 1. The van der Waals surface area contributed by atoms with E-state index in [1.165, 1.54) is 0 Å². The average molecular weight is 446 g/mol. The molecule has 0 radical (unpaired) electrons. The van der Waals surface area contributed by atoms with E-state index in [2.05, 4.69) is 20.2 Å². The molecule has 3 aromatic rings. The molecule has 0 atom stereocenters. The number of hydroxylamine groups is 3. The van der Waals surface area contributed by atoms with E-state index in [0.717, 1.165) is 50.1 Å². The second-order valence-corrected chi connectivity index (χ2v) is 9.16. The van der Waals surface area contributed by atoms with E-state index in [-0.39, 0.29) is 21.8 Å². The molecule has 0 unspecified atom stereocenters. The normalized spacial score (nSPS) is 18.4. The Bertz CT molecular complexity index is 1260. The lowest BCUT2D eigenvalue weighted by molar-refractivity contribution is -0.861. The summed E-state index contributed by atoms with van der Waals surface area (Å²) in [7, 11) is 1.72. The summed E-state index contributed by atoms with van der Waals surface area (Å²) in [5.41, 5.74) is 2.33. The molecule has 1 aliphatic carbocycles. The van der Waals surface area contributed by atoms with Gasteiger partial charge in [-0.2, -0.15) is 10.2 Å². The van der Waals surface area contributed by atoms with Crippen LogP contribution in [0, 0.1) is 16.5 Å². The van der Waals surface area contributed by atoms with E-state index in [1.54, 1.807) is 23.9 Å². The maximum Gasteiger partial charge on any atom is 0.270 e. The third-order valence-corrected chi connectivity index (χ3v) is 6.76. The number of likely N-dealkylation sites (N-methyl/N-ethyl adjacent to an activating group) is 1. The molecule has 0 bridgehead atoms. The second kappa shape index (κ2) is 8.46. The van der Waals surface area contributed by atoms with Crippen LogP contribution < -0.4 is 15.8 Å². The monoisotopic (exact) mass is 445 g/mol. The van der Waals surface area contributed by atoms with Crippen molar-refractivity contribution in [1.82, 2.24) is 14.5 Å². The van der Waals surface area contributed by atoms with Crippen molar-refractivity contribution in [2.45, 2.75) is 31.7 Å². The summed E-state index contributed by atoms with van der Waals surface area (Å²) in [5, 5.41) is 25.4. The van der Waals surface area contributed by atoms with E-state index in [4.69, 9.17) is 0 Å². The quantitative estimate of drug-likeness (QED) is 0.485. The van der Waals surface area contributed by atoms with Crippen LogP contribution in [0.5, 0.6) is 0 Å². The Morgan fingerprint density at radius 2 is 1.88 bits per heavy atom. The van der Waals surface area contributed by atoms with Gasteiger partial charge in [0.1, 0.15) is 17.3 Å². The van der Waals surface area contributed by atoms with Gasteiger partial charge >= 0.3 is 0 Å². The Morgan fingerprint density at radius 3 is 2.55 bits per heavy atom. The third kappa shape index (κ3) is 4.27. The molecule has 1 aliphatic heterocycles. The van der Waals surface area contributed by atoms with Crippen LogP contribution in [0.1, 0.15) is 37.3 Å². The molecule has 1 N–H and O–H groups in total. The fraction of sp³-hybridized carbons (Fsp3) is 0.417. The molecule has 170 valence electrons. The summed E-state index contributed by atoms with van der Waals surface area (Å²) >= 11 is 0. The fourth-order valence-electron chi connectivity index (χ4n) is 4.79. The van der Waals surface area contributed by atoms with Gasteiger partial charge in [-0.15, -0.1) is 0 Å². The first-order chi connectivity index (χ1) is 15.9. The number of hydrogen-bond acceptors (Lipinski definition) is 7. The predicted molar refractivity (Wildman–Crippen MR) is 127 cm³/mol. The Balaban J connectivity index is 1.41. The van der Waals surface area contributed by atoms with Gasteiger partial charge in [-0.05, 0) is 43.2 Å². The highest BCUT2D eigenvalue weighted by molar-refractivity contribution is 5.77. The van der Waals surface area contributed by atoms with Gasteiger partial charge in [0.05, 0.1) is 33.2 Å². The lowest BCUT2D eigenvalue weighted by Crippen LogP contribution is -2.53. The van der Waals surface area contributed by atoms with E-state index >= 15 is 0 Å². The van der Waals surface area contributed by atoms with E-state index in [9.17, 15) is 15.3 Å². The van der Waals surface area contributed by atoms with E-state index in [1.807, 2.05) is 30.3 Å². The van der Waals surface area contributed by atoms with Gasteiger partial charge in [-0.25, -0.2) is 4.98 Å². The van der Waals surface area contributed by atoms with Gasteiger partial charge < -0.3 is 20.1 Å². The van der Waals surface area contributed by atoms with Crippen LogP contribution in [0.3, 0.4) is 0 Å². The zero-order valence-electron chi connectivity index (χ0n) is 18.7. The maximum absolute atomic E-state index is 12.9. The summed E-state index contributed by atoms with van der Waals surface area (Å²) in [4.78, 5) is 24.2. The molecule has 2 fully saturated rings. The third-order valence-electron chi connectivity index (χ3n) is 6.76. The summed E-state index contributed by atoms with van der Waals surface area (Å²) in [6, 6.07) is 11.6. The summed E-state index contributed by atoms with van der Waals surface area (Å²) < 4.78 is 1.51. The minimum absolute atomic E-state index is 0.0643. The SMILES string of the molecule is C[N+]1([O-])CCN(c2ccc(Nc3ncc4cc(C#N)c(=O)n(C5CCCC5)c4n3)cc2)CC1. The molecule has 9 heteroatoms. The lowest BCUT2D eigenvalue weighted by atomic mass is 10.2. The number of aromatic nitrogens is 3. The van der Waals surface area contributed by atoms with Crippen molar-refractivity contribution in [1.29, 1.82) is 5.26 Å². The van der Waals surface area contributed by atoms with Crippen molar-refractivity contribution in [2.75, 3.05) is 43.4 Å². The standard InChI is InChI=1S/C24H27N7O2/c1-31(33)12-10-29(11-13-31)20-8-6-19(7-9-20)27-24-26-16-18-14-17(15-25)23(32)30(22(18)28-24)21-4-2-3-5-21/h6-9,14,16,21H,2-5,10-13H2,1H3,(H,26,27,28). The number of anilines is 3. The first kappa shape index (κ1) is 21.4. The zero-order valence-corrected chi connectivity index (χ0v) is 18.7. The smallest absolute Gasteiger partial charge is 0.270 e.